The van der Waals surface area contributed by atoms with Crippen molar-refractivity contribution in [2.75, 3.05) is 39.8 Å². The molecule has 202 valence electrons. The molecule has 0 radical (unpaired) electrons. The van der Waals surface area contributed by atoms with Gasteiger partial charge in [0, 0.05) is 49.0 Å². The Morgan fingerprint density at radius 2 is 1.97 bits per heavy atom. The number of piperazine rings is 1. The molecule has 3 aliphatic heterocycles. The maximum Gasteiger partial charge on any atom is 0.0903 e. The number of benzene rings is 2. The van der Waals surface area contributed by atoms with Crippen molar-refractivity contribution in [1.29, 1.82) is 5.26 Å². The van der Waals surface area contributed by atoms with E-state index in [1.165, 1.54) is 51.4 Å². The molecule has 2 fully saturated rings. The van der Waals surface area contributed by atoms with Crippen molar-refractivity contribution >= 4 is 16.5 Å². The third kappa shape index (κ3) is 5.00. The Kier molecular flexibility index (Phi) is 7.26. The number of fused-ring (bicyclic) bond motifs is 2. The van der Waals surface area contributed by atoms with Crippen molar-refractivity contribution in [3.63, 3.8) is 0 Å². The van der Waals surface area contributed by atoms with Crippen LogP contribution in [0.1, 0.15) is 41.5 Å². The molecule has 1 N–H and O–H groups in total. The van der Waals surface area contributed by atoms with Crippen molar-refractivity contribution in [2.24, 2.45) is 0 Å². The van der Waals surface area contributed by atoms with Crippen LogP contribution in [0.25, 0.3) is 27.7 Å². The highest BCUT2D eigenvalue weighted by atomic mass is 16.7. The van der Waals surface area contributed by atoms with Gasteiger partial charge < -0.3 is 15.1 Å². The summed E-state index contributed by atoms with van der Waals surface area (Å²) in [7, 11) is 2.19. The first-order valence-electron chi connectivity index (χ1n) is 14.2. The van der Waals surface area contributed by atoms with Crippen molar-refractivity contribution in [1.82, 2.24) is 25.2 Å². The number of nitriles is 1. The SMILES string of the molecule is Cc1c(-c2cccc3cccc(C)c23)ncc2c1CN(OC[C@@H]1CCCN1C)C=C2N1CCN[C@@H](CC#N)C1. The summed E-state index contributed by atoms with van der Waals surface area (Å²) in [5, 5.41) is 17.4. The summed E-state index contributed by atoms with van der Waals surface area (Å²) in [6.45, 7) is 9.43. The normalized spacial score (nSPS) is 21.6. The summed E-state index contributed by atoms with van der Waals surface area (Å²) >= 11 is 0. The predicted molar refractivity (Wildman–Crippen MR) is 155 cm³/mol. The van der Waals surface area contributed by atoms with Crippen LogP contribution in [0.4, 0.5) is 0 Å². The number of nitrogens with one attached hydrogen (secondary N) is 1. The number of pyridine rings is 1. The summed E-state index contributed by atoms with van der Waals surface area (Å²) in [5.74, 6) is 0. The number of hydrogen-bond donors (Lipinski definition) is 1. The second-order valence-corrected chi connectivity index (χ2v) is 11.2. The van der Waals surface area contributed by atoms with Crippen molar-refractivity contribution in [2.45, 2.75) is 51.7 Å². The lowest BCUT2D eigenvalue weighted by Gasteiger charge is -2.40. The largest absolute Gasteiger partial charge is 0.367 e. The van der Waals surface area contributed by atoms with Gasteiger partial charge in [0.15, 0.2) is 0 Å². The van der Waals surface area contributed by atoms with Gasteiger partial charge in [0.2, 0.25) is 0 Å². The van der Waals surface area contributed by atoms with E-state index in [0.717, 1.165) is 37.6 Å². The maximum absolute atomic E-state index is 9.31. The molecule has 3 aromatic rings. The molecule has 7 heteroatoms. The van der Waals surface area contributed by atoms with Crippen molar-refractivity contribution < 1.29 is 4.84 Å². The topological polar surface area (TPSA) is 67.7 Å². The van der Waals surface area contributed by atoms with Crippen LogP contribution in [0.2, 0.25) is 0 Å². The van der Waals surface area contributed by atoms with Gasteiger partial charge in [-0.2, -0.15) is 5.26 Å². The number of rotatable bonds is 6. The molecule has 1 aromatic heterocycles. The molecular formula is C32H38N6O. The first kappa shape index (κ1) is 25.8. The Hall–Kier alpha value is -3.44. The van der Waals surface area contributed by atoms with E-state index >= 15 is 0 Å². The minimum atomic E-state index is 0.156. The van der Waals surface area contributed by atoms with E-state index in [2.05, 4.69) is 90.9 Å². The minimum Gasteiger partial charge on any atom is -0.367 e. The lowest BCUT2D eigenvalue weighted by Crippen LogP contribution is -2.50. The Morgan fingerprint density at radius 1 is 1.13 bits per heavy atom. The number of likely N-dealkylation sites (tertiary alicyclic amines) is 1. The van der Waals surface area contributed by atoms with Gasteiger partial charge in [0.1, 0.15) is 0 Å². The molecule has 0 spiro atoms. The van der Waals surface area contributed by atoms with Crippen LogP contribution in [-0.2, 0) is 11.4 Å². The van der Waals surface area contributed by atoms with Gasteiger partial charge in [0.05, 0.1) is 43.2 Å². The molecule has 3 aliphatic rings. The van der Waals surface area contributed by atoms with Gasteiger partial charge in [-0.3, -0.25) is 14.9 Å². The fraction of sp³-hybridized carbons (Fsp3) is 0.438. The highest BCUT2D eigenvalue weighted by Gasteiger charge is 2.30. The smallest absolute Gasteiger partial charge is 0.0903 e. The summed E-state index contributed by atoms with van der Waals surface area (Å²) in [4.78, 5) is 16.4. The van der Waals surface area contributed by atoms with Crippen LogP contribution in [0.15, 0.2) is 48.8 Å². The van der Waals surface area contributed by atoms with Crippen LogP contribution in [0.3, 0.4) is 0 Å². The Bertz CT molecular complexity index is 1440. The minimum absolute atomic E-state index is 0.156. The van der Waals surface area contributed by atoms with Gasteiger partial charge >= 0.3 is 0 Å². The lowest BCUT2D eigenvalue weighted by atomic mass is 9.91. The van der Waals surface area contributed by atoms with Gasteiger partial charge in [-0.05, 0) is 67.7 Å². The third-order valence-corrected chi connectivity index (χ3v) is 8.72. The molecule has 0 bridgehead atoms. The van der Waals surface area contributed by atoms with E-state index < -0.39 is 0 Å². The zero-order valence-corrected chi connectivity index (χ0v) is 23.3. The summed E-state index contributed by atoms with van der Waals surface area (Å²) in [6.07, 6.45) is 7.13. The second kappa shape index (κ2) is 11.0. The van der Waals surface area contributed by atoms with Crippen LogP contribution in [0, 0.1) is 25.2 Å². The average Bonchev–Trinajstić information content (AvgIpc) is 3.36. The zero-order valence-electron chi connectivity index (χ0n) is 23.3. The monoisotopic (exact) mass is 522 g/mol. The highest BCUT2D eigenvalue weighted by Crippen LogP contribution is 2.38. The lowest BCUT2D eigenvalue weighted by molar-refractivity contribution is -0.141. The van der Waals surface area contributed by atoms with Crippen LogP contribution >= 0.6 is 0 Å². The second-order valence-electron chi connectivity index (χ2n) is 11.2. The highest BCUT2D eigenvalue weighted by molar-refractivity contribution is 5.99. The Morgan fingerprint density at radius 3 is 2.77 bits per heavy atom. The molecule has 0 amide bonds. The molecule has 2 saturated heterocycles. The van der Waals surface area contributed by atoms with Crippen LogP contribution in [-0.4, -0.2) is 71.8 Å². The molecule has 0 saturated carbocycles. The number of aryl methyl sites for hydroxylation is 1. The number of hydrogen-bond acceptors (Lipinski definition) is 7. The van der Waals surface area contributed by atoms with Crippen LogP contribution in [0.5, 0.6) is 0 Å². The van der Waals surface area contributed by atoms with Crippen molar-refractivity contribution in [3.8, 4) is 17.3 Å². The van der Waals surface area contributed by atoms with E-state index in [-0.39, 0.29) is 6.04 Å². The molecule has 2 atom stereocenters. The first-order chi connectivity index (χ1) is 19.0. The summed E-state index contributed by atoms with van der Waals surface area (Å²) in [6, 6.07) is 15.9. The molecule has 6 rings (SSSR count). The summed E-state index contributed by atoms with van der Waals surface area (Å²) < 4.78 is 0. The fourth-order valence-electron chi connectivity index (χ4n) is 6.48. The van der Waals surface area contributed by atoms with Gasteiger partial charge in [0.25, 0.3) is 0 Å². The quantitative estimate of drug-likeness (QED) is 0.497. The molecule has 0 aliphatic carbocycles. The number of likely N-dealkylation sites (N-methyl/N-ethyl adjacent to an activating group) is 1. The van der Waals surface area contributed by atoms with Crippen LogP contribution < -0.4 is 5.32 Å². The first-order valence-corrected chi connectivity index (χ1v) is 14.2. The molecule has 39 heavy (non-hydrogen) atoms. The van der Waals surface area contributed by atoms with Gasteiger partial charge in [-0.1, -0.05) is 36.4 Å². The van der Waals surface area contributed by atoms with E-state index in [0.29, 0.717) is 25.6 Å². The molecule has 2 aromatic carbocycles. The third-order valence-electron chi connectivity index (χ3n) is 8.72. The fourth-order valence-corrected chi connectivity index (χ4v) is 6.48. The number of aromatic nitrogens is 1. The van der Waals surface area contributed by atoms with E-state index in [1.807, 2.05) is 5.06 Å². The number of nitrogens with zero attached hydrogens (tertiary/aromatic N) is 5. The number of hydroxylamine groups is 2. The maximum atomic E-state index is 9.31. The Labute approximate surface area is 231 Å². The zero-order chi connectivity index (χ0) is 26.9. The molecule has 0 unspecified atom stereocenters. The molecule has 4 heterocycles. The van der Waals surface area contributed by atoms with E-state index in [4.69, 9.17) is 9.82 Å². The predicted octanol–water partition coefficient (Wildman–Crippen LogP) is 4.85. The molecule has 7 nitrogen and oxygen atoms in total. The average molecular weight is 523 g/mol. The van der Waals surface area contributed by atoms with Gasteiger partial charge in [-0.25, -0.2) is 0 Å². The van der Waals surface area contributed by atoms with E-state index in [9.17, 15) is 5.26 Å². The summed E-state index contributed by atoms with van der Waals surface area (Å²) in [5.41, 5.74) is 8.24. The van der Waals surface area contributed by atoms with Gasteiger partial charge in [-0.15, -0.1) is 0 Å². The van der Waals surface area contributed by atoms with Crippen molar-refractivity contribution in [3.05, 3.63) is 71.0 Å². The Balaban J connectivity index is 1.39. The van der Waals surface area contributed by atoms with E-state index in [1.54, 1.807) is 0 Å². The standard InChI is InChI=1S/C32H38N6O/c1-22-7-4-8-24-9-5-11-27(31(22)24)32-23(2)29-19-38(39-21-26-10-6-15-36(26)3)20-30(28(29)17-35-32)37-16-14-34-25(18-37)12-13-33/h4-5,7-9,11,17,20,25-26,34H,6,10,12,14-16,18-19,21H2,1-3H3/t25-,26-/m0/s1. The molecular weight excluding hydrogens is 484 g/mol.